The Kier molecular flexibility index (Phi) is 12.0. The lowest BCUT2D eigenvalue weighted by Crippen LogP contribution is -2.52. The third kappa shape index (κ3) is 9.03. The van der Waals surface area contributed by atoms with E-state index in [2.05, 4.69) is 79.0 Å². The number of carbonyl (C=O) groups is 2. The summed E-state index contributed by atoms with van der Waals surface area (Å²) in [6, 6.07) is 0.0977. The number of nitrogens with one attached hydrogen (secondary N) is 2. The monoisotopic (exact) mass is 669 g/mol. The van der Waals surface area contributed by atoms with E-state index in [1.807, 2.05) is 27.7 Å². The van der Waals surface area contributed by atoms with E-state index in [4.69, 9.17) is 4.74 Å². The first-order valence-electron chi connectivity index (χ1n) is 20.1. The highest BCUT2D eigenvalue weighted by molar-refractivity contribution is 5.82. The number of carbonyl (C=O) groups excluding carboxylic acids is 2. The molecule has 0 spiro atoms. The highest BCUT2D eigenvalue weighted by Gasteiger charge is 2.59. The van der Waals surface area contributed by atoms with Gasteiger partial charge in [0.05, 0.1) is 0 Å². The molecule has 0 aromatic heterocycles. The van der Waals surface area contributed by atoms with Gasteiger partial charge in [-0.2, -0.15) is 0 Å². The van der Waals surface area contributed by atoms with E-state index in [1.54, 1.807) is 5.57 Å². The summed E-state index contributed by atoms with van der Waals surface area (Å²) in [4.78, 5) is 26.5. The van der Waals surface area contributed by atoms with Crippen LogP contribution in [0.25, 0.3) is 0 Å². The van der Waals surface area contributed by atoms with Crippen molar-refractivity contribution < 1.29 is 14.3 Å². The first-order chi connectivity index (χ1) is 22.1. The number of hydrogen-bond donors (Lipinski definition) is 2. The average molecular weight is 669 g/mol. The van der Waals surface area contributed by atoms with Crippen molar-refractivity contribution in [2.24, 2.45) is 57.2 Å². The maximum atomic E-state index is 13.3. The Morgan fingerprint density at radius 3 is 2.25 bits per heavy atom. The van der Waals surface area contributed by atoms with Gasteiger partial charge >= 0.3 is 6.09 Å². The van der Waals surface area contributed by atoms with Crippen molar-refractivity contribution >= 4 is 12.0 Å². The Bertz CT molecular complexity index is 1160. The van der Waals surface area contributed by atoms with Crippen molar-refractivity contribution in [1.82, 2.24) is 10.6 Å². The standard InChI is InChI=1S/C43H76N2O3/c1-28(2)15-14-16-29(3)34-19-20-35-33-18-17-31-25-32(21-23-42(31,12)36(33)22-24-43(34,35)13)48-38(47)45-41(10,11)27-40(8,9)37(46)44-30(4)26-39(5,6)7/h17,28-30,32-36H,14-16,18-27H2,1-13H3,(H,44,46)(H,45,47)/t29?,30?,32-,33?,34?,35?,36?,42-,43+/m0/s1. The summed E-state index contributed by atoms with van der Waals surface area (Å²) >= 11 is 0. The van der Waals surface area contributed by atoms with Gasteiger partial charge in [-0.05, 0) is 130 Å². The number of fused-ring (bicyclic) bond motifs is 5. The van der Waals surface area contributed by atoms with Crippen molar-refractivity contribution in [1.29, 1.82) is 0 Å². The molecule has 0 heterocycles. The molecule has 0 radical (unpaired) electrons. The number of alkyl carbamates (subject to hydrolysis) is 1. The first kappa shape index (κ1) is 39.3. The van der Waals surface area contributed by atoms with E-state index in [0.717, 1.165) is 61.2 Å². The molecule has 5 heteroatoms. The summed E-state index contributed by atoms with van der Waals surface area (Å²) in [6.07, 6.45) is 17.5. The SMILES string of the molecule is CC(C)CCCC(C)C1CCC2C3CC=C4C[C@@H](OC(=O)NC(C)(C)CC(C)(C)C(=O)NC(C)CC(C)(C)C)CC[C@]4(C)C3CC[C@]12C. The van der Waals surface area contributed by atoms with E-state index in [1.165, 1.54) is 51.4 Å². The molecule has 48 heavy (non-hydrogen) atoms. The zero-order valence-electron chi connectivity index (χ0n) is 33.6. The van der Waals surface area contributed by atoms with Crippen LogP contribution in [0.4, 0.5) is 4.79 Å². The number of ether oxygens (including phenoxy) is 1. The van der Waals surface area contributed by atoms with Gasteiger partial charge in [-0.1, -0.05) is 100 Å². The minimum atomic E-state index is -0.625. The van der Waals surface area contributed by atoms with Gasteiger partial charge in [0.25, 0.3) is 0 Å². The molecule has 0 aromatic carbocycles. The fraction of sp³-hybridized carbons (Fsp3) is 0.907. The zero-order chi connectivity index (χ0) is 35.9. The van der Waals surface area contributed by atoms with Crippen LogP contribution in [0.15, 0.2) is 11.6 Å². The van der Waals surface area contributed by atoms with Crippen LogP contribution < -0.4 is 10.6 Å². The highest BCUT2D eigenvalue weighted by atomic mass is 16.6. The zero-order valence-corrected chi connectivity index (χ0v) is 33.6. The Hall–Kier alpha value is -1.52. The molecule has 3 saturated carbocycles. The number of hydrogen-bond acceptors (Lipinski definition) is 3. The molecule has 0 aromatic rings. The topological polar surface area (TPSA) is 67.4 Å². The predicted molar refractivity (Wildman–Crippen MR) is 201 cm³/mol. The van der Waals surface area contributed by atoms with Gasteiger partial charge in [0.1, 0.15) is 6.10 Å². The van der Waals surface area contributed by atoms with Crippen molar-refractivity contribution in [3.05, 3.63) is 11.6 Å². The molecule has 0 bridgehead atoms. The summed E-state index contributed by atoms with van der Waals surface area (Å²) in [7, 11) is 0. The molecular formula is C43H76N2O3. The fourth-order valence-electron chi connectivity index (χ4n) is 11.8. The smallest absolute Gasteiger partial charge is 0.407 e. The second-order valence-electron chi connectivity index (χ2n) is 20.8. The van der Waals surface area contributed by atoms with Crippen molar-refractivity contribution in [3.8, 4) is 0 Å². The molecule has 5 nitrogen and oxygen atoms in total. The third-order valence-electron chi connectivity index (χ3n) is 13.8. The van der Waals surface area contributed by atoms with Crippen molar-refractivity contribution in [3.63, 3.8) is 0 Å². The maximum absolute atomic E-state index is 13.3. The molecule has 276 valence electrons. The average Bonchev–Trinajstić information content (AvgIpc) is 3.28. The van der Waals surface area contributed by atoms with E-state index >= 15 is 0 Å². The van der Waals surface area contributed by atoms with Crippen LogP contribution in [-0.4, -0.2) is 29.7 Å². The highest BCUT2D eigenvalue weighted by Crippen LogP contribution is 2.67. The van der Waals surface area contributed by atoms with Gasteiger partial charge in [0, 0.05) is 23.4 Å². The van der Waals surface area contributed by atoms with Crippen LogP contribution in [0.2, 0.25) is 0 Å². The maximum Gasteiger partial charge on any atom is 0.407 e. The predicted octanol–water partition coefficient (Wildman–Crippen LogP) is 11.3. The van der Waals surface area contributed by atoms with E-state index < -0.39 is 11.0 Å². The Labute approximate surface area is 296 Å². The minimum Gasteiger partial charge on any atom is -0.446 e. The van der Waals surface area contributed by atoms with Gasteiger partial charge in [-0.25, -0.2) is 4.79 Å². The molecule has 3 fully saturated rings. The van der Waals surface area contributed by atoms with Gasteiger partial charge in [-0.3, -0.25) is 4.79 Å². The second kappa shape index (κ2) is 14.6. The number of rotatable bonds is 12. The summed E-state index contributed by atoms with van der Waals surface area (Å²) in [5.41, 5.74) is 1.24. The Morgan fingerprint density at radius 2 is 1.60 bits per heavy atom. The molecule has 4 aliphatic carbocycles. The van der Waals surface area contributed by atoms with Gasteiger partial charge < -0.3 is 15.4 Å². The van der Waals surface area contributed by atoms with Gasteiger partial charge in [0.2, 0.25) is 5.91 Å². The summed E-state index contributed by atoms with van der Waals surface area (Å²) in [5, 5.41) is 6.34. The summed E-state index contributed by atoms with van der Waals surface area (Å²) in [5.74, 6) is 5.01. The van der Waals surface area contributed by atoms with E-state index in [9.17, 15) is 9.59 Å². The van der Waals surface area contributed by atoms with Crippen LogP contribution in [0.1, 0.15) is 173 Å². The number of allylic oxidation sites excluding steroid dienone is 1. The van der Waals surface area contributed by atoms with Crippen LogP contribution in [-0.2, 0) is 9.53 Å². The molecule has 9 atom stereocenters. The molecule has 2 amide bonds. The molecular weight excluding hydrogens is 592 g/mol. The van der Waals surface area contributed by atoms with Gasteiger partial charge in [-0.15, -0.1) is 0 Å². The normalized spacial score (nSPS) is 33.5. The number of amides is 2. The van der Waals surface area contributed by atoms with Gasteiger partial charge in [0.15, 0.2) is 0 Å². The Morgan fingerprint density at radius 1 is 0.917 bits per heavy atom. The van der Waals surface area contributed by atoms with Crippen LogP contribution in [0, 0.1) is 57.2 Å². The lowest BCUT2D eigenvalue weighted by atomic mass is 9.47. The Balaban J connectivity index is 1.32. The van der Waals surface area contributed by atoms with Crippen molar-refractivity contribution in [2.45, 2.75) is 191 Å². The van der Waals surface area contributed by atoms with E-state index in [-0.39, 0.29) is 35.0 Å². The fourth-order valence-corrected chi connectivity index (χ4v) is 11.8. The summed E-state index contributed by atoms with van der Waals surface area (Å²) in [6.45, 7) is 29.1. The van der Waals surface area contributed by atoms with Crippen LogP contribution in [0.5, 0.6) is 0 Å². The lowest BCUT2D eigenvalue weighted by molar-refractivity contribution is -0.131. The van der Waals surface area contributed by atoms with E-state index in [0.29, 0.717) is 11.8 Å². The molecule has 6 unspecified atom stereocenters. The molecule has 0 aliphatic heterocycles. The molecule has 4 rings (SSSR count). The first-order valence-corrected chi connectivity index (χ1v) is 20.1. The van der Waals surface area contributed by atoms with Crippen LogP contribution >= 0.6 is 0 Å². The second-order valence-corrected chi connectivity index (χ2v) is 20.8. The van der Waals surface area contributed by atoms with Crippen molar-refractivity contribution in [2.75, 3.05) is 0 Å². The largest absolute Gasteiger partial charge is 0.446 e. The molecule has 4 aliphatic rings. The van der Waals surface area contributed by atoms with Crippen LogP contribution in [0.3, 0.4) is 0 Å². The third-order valence-corrected chi connectivity index (χ3v) is 13.8. The quantitative estimate of drug-likeness (QED) is 0.203. The molecule has 2 N–H and O–H groups in total. The molecule has 0 saturated heterocycles. The summed E-state index contributed by atoms with van der Waals surface area (Å²) < 4.78 is 6.13. The minimum absolute atomic E-state index is 0.0314. The lowest BCUT2D eigenvalue weighted by Gasteiger charge is -2.58.